The quantitative estimate of drug-likeness (QED) is 0.903. The lowest BCUT2D eigenvalue weighted by Gasteiger charge is -2.17. The van der Waals surface area contributed by atoms with Crippen molar-refractivity contribution in [2.45, 2.75) is 12.5 Å². The second-order valence-electron chi connectivity index (χ2n) is 5.63. The van der Waals surface area contributed by atoms with E-state index in [2.05, 4.69) is 20.6 Å². The van der Waals surface area contributed by atoms with Crippen LogP contribution < -0.4 is 20.3 Å². The molecule has 1 aliphatic rings. The molecule has 7 nitrogen and oxygen atoms in total. The Morgan fingerprint density at radius 3 is 3.04 bits per heavy atom. The van der Waals surface area contributed by atoms with E-state index in [1.165, 1.54) is 0 Å². The Hall–Kier alpha value is -2.70. The number of aryl methyl sites for hydroxylation is 1. The highest BCUT2D eigenvalue weighted by molar-refractivity contribution is 5.89. The Kier molecular flexibility index (Phi) is 4.36. The molecule has 0 aliphatic carbocycles. The van der Waals surface area contributed by atoms with Crippen molar-refractivity contribution in [3.63, 3.8) is 0 Å². The summed E-state index contributed by atoms with van der Waals surface area (Å²) in [4.78, 5) is 14.3. The van der Waals surface area contributed by atoms with Crippen molar-refractivity contribution in [1.82, 2.24) is 15.1 Å². The number of urea groups is 1. The average molecular weight is 315 g/mol. The van der Waals surface area contributed by atoms with E-state index >= 15 is 0 Å². The molecule has 0 radical (unpaired) electrons. The van der Waals surface area contributed by atoms with Crippen LogP contribution in [0.3, 0.4) is 0 Å². The fourth-order valence-electron chi connectivity index (χ4n) is 2.74. The predicted octanol–water partition coefficient (Wildman–Crippen LogP) is 1.83. The predicted molar refractivity (Wildman–Crippen MR) is 89.0 cm³/mol. The van der Waals surface area contributed by atoms with E-state index in [1.807, 2.05) is 37.6 Å². The summed E-state index contributed by atoms with van der Waals surface area (Å²) in [5, 5.41) is 10.0. The number of carbonyl (C=O) groups is 1. The number of benzene rings is 1. The molecule has 1 aliphatic heterocycles. The highest BCUT2D eigenvalue weighted by Crippen LogP contribution is 2.20. The van der Waals surface area contributed by atoms with Crippen LogP contribution in [0.5, 0.6) is 5.75 Å². The lowest BCUT2D eigenvalue weighted by Crippen LogP contribution is -2.39. The Balaban J connectivity index is 1.52. The summed E-state index contributed by atoms with van der Waals surface area (Å²) in [5.41, 5.74) is 1.80. The van der Waals surface area contributed by atoms with Gasteiger partial charge in [0.2, 0.25) is 0 Å². The van der Waals surface area contributed by atoms with Crippen LogP contribution in [-0.2, 0) is 7.05 Å². The molecule has 1 fully saturated rings. The monoisotopic (exact) mass is 315 g/mol. The van der Waals surface area contributed by atoms with Crippen LogP contribution in [0.4, 0.5) is 16.2 Å². The minimum absolute atomic E-state index is 0.126. The number of hydrogen-bond donors (Lipinski definition) is 2. The van der Waals surface area contributed by atoms with Crippen LogP contribution in [0.15, 0.2) is 36.7 Å². The summed E-state index contributed by atoms with van der Waals surface area (Å²) in [6.07, 6.45) is 4.75. The van der Waals surface area contributed by atoms with E-state index in [1.54, 1.807) is 17.9 Å². The maximum absolute atomic E-state index is 12.1. The number of rotatable bonds is 4. The Bertz CT molecular complexity index is 685. The van der Waals surface area contributed by atoms with Crippen LogP contribution in [0.2, 0.25) is 0 Å². The molecular weight excluding hydrogens is 294 g/mol. The molecule has 1 aromatic heterocycles. The largest absolute Gasteiger partial charge is 0.497 e. The Labute approximate surface area is 135 Å². The van der Waals surface area contributed by atoms with E-state index in [-0.39, 0.29) is 12.1 Å². The number of aromatic nitrogens is 2. The highest BCUT2D eigenvalue weighted by Gasteiger charge is 2.24. The van der Waals surface area contributed by atoms with Crippen LogP contribution in [0.25, 0.3) is 0 Å². The SMILES string of the molecule is COc1cccc(NC(=O)NC2CCN(c3cnn(C)c3)C2)c1. The normalized spacial score (nSPS) is 17.1. The van der Waals surface area contributed by atoms with Crippen molar-refractivity contribution in [2.24, 2.45) is 7.05 Å². The summed E-state index contributed by atoms with van der Waals surface area (Å²) in [5.74, 6) is 0.714. The zero-order valence-corrected chi connectivity index (χ0v) is 13.3. The maximum atomic E-state index is 12.1. The van der Waals surface area contributed by atoms with Gasteiger partial charge in [-0.2, -0.15) is 5.10 Å². The molecule has 0 bridgehead atoms. The van der Waals surface area contributed by atoms with Crippen LogP contribution in [0.1, 0.15) is 6.42 Å². The van der Waals surface area contributed by atoms with E-state index in [0.29, 0.717) is 11.4 Å². The van der Waals surface area contributed by atoms with Crippen LogP contribution in [0, 0.1) is 0 Å². The van der Waals surface area contributed by atoms with Crippen molar-refractivity contribution >= 4 is 17.4 Å². The number of ether oxygens (including phenoxy) is 1. The molecule has 122 valence electrons. The first-order chi connectivity index (χ1) is 11.1. The molecule has 7 heteroatoms. The van der Waals surface area contributed by atoms with Crippen LogP contribution >= 0.6 is 0 Å². The molecule has 0 saturated carbocycles. The molecule has 2 amide bonds. The number of methoxy groups -OCH3 is 1. The highest BCUT2D eigenvalue weighted by atomic mass is 16.5. The Morgan fingerprint density at radius 2 is 2.30 bits per heavy atom. The molecule has 2 N–H and O–H groups in total. The number of amides is 2. The van der Waals surface area contributed by atoms with Gasteiger partial charge in [-0.1, -0.05) is 6.07 Å². The van der Waals surface area contributed by atoms with Crippen molar-refractivity contribution in [2.75, 3.05) is 30.4 Å². The molecule has 23 heavy (non-hydrogen) atoms. The second kappa shape index (κ2) is 6.60. The third-order valence-corrected chi connectivity index (χ3v) is 3.91. The molecule has 1 aromatic carbocycles. The fourth-order valence-corrected chi connectivity index (χ4v) is 2.74. The Morgan fingerprint density at radius 1 is 1.43 bits per heavy atom. The van der Waals surface area contributed by atoms with Gasteiger partial charge in [0.15, 0.2) is 0 Å². The van der Waals surface area contributed by atoms with Gasteiger partial charge in [-0.15, -0.1) is 0 Å². The van der Waals surface area contributed by atoms with Crippen molar-refractivity contribution < 1.29 is 9.53 Å². The van der Waals surface area contributed by atoms with Gasteiger partial charge in [-0.25, -0.2) is 4.79 Å². The second-order valence-corrected chi connectivity index (χ2v) is 5.63. The van der Waals surface area contributed by atoms with Crippen LogP contribution in [-0.4, -0.2) is 42.1 Å². The topological polar surface area (TPSA) is 71.4 Å². The number of carbonyl (C=O) groups excluding carboxylic acids is 1. The van der Waals surface area contributed by atoms with Crippen molar-refractivity contribution in [3.8, 4) is 5.75 Å². The molecule has 2 heterocycles. The van der Waals surface area contributed by atoms with Gasteiger partial charge in [0, 0.05) is 44.1 Å². The fraction of sp³-hybridized carbons (Fsp3) is 0.375. The first-order valence-corrected chi connectivity index (χ1v) is 7.59. The number of hydrogen-bond acceptors (Lipinski definition) is 4. The lowest BCUT2D eigenvalue weighted by atomic mass is 10.2. The van der Waals surface area contributed by atoms with E-state index in [4.69, 9.17) is 4.74 Å². The molecule has 1 unspecified atom stereocenters. The summed E-state index contributed by atoms with van der Waals surface area (Å²) < 4.78 is 6.93. The van der Waals surface area contributed by atoms with Gasteiger partial charge >= 0.3 is 6.03 Å². The van der Waals surface area contributed by atoms with Crippen molar-refractivity contribution in [1.29, 1.82) is 0 Å². The minimum atomic E-state index is -0.198. The van der Waals surface area contributed by atoms with Gasteiger partial charge in [0.25, 0.3) is 0 Å². The zero-order chi connectivity index (χ0) is 16.2. The van der Waals surface area contributed by atoms with Crippen molar-refractivity contribution in [3.05, 3.63) is 36.7 Å². The average Bonchev–Trinajstić information content (AvgIpc) is 3.16. The van der Waals surface area contributed by atoms with E-state index in [9.17, 15) is 4.79 Å². The molecule has 2 aromatic rings. The summed E-state index contributed by atoms with van der Waals surface area (Å²) in [6.45, 7) is 1.70. The standard InChI is InChI=1S/C16H21N5O2/c1-20-11-14(9-17-20)21-7-6-13(10-21)19-16(22)18-12-4-3-5-15(8-12)23-2/h3-5,8-9,11,13H,6-7,10H2,1-2H3,(H2,18,19,22). The first-order valence-electron chi connectivity index (χ1n) is 7.59. The maximum Gasteiger partial charge on any atom is 0.319 e. The lowest BCUT2D eigenvalue weighted by molar-refractivity contribution is 0.249. The number of anilines is 2. The van der Waals surface area contributed by atoms with E-state index in [0.717, 1.165) is 25.2 Å². The molecule has 1 atom stereocenters. The van der Waals surface area contributed by atoms with E-state index < -0.39 is 0 Å². The third-order valence-electron chi connectivity index (χ3n) is 3.91. The van der Waals surface area contributed by atoms with Gasteiger partial charge < -0.3 is 20.3 Å². The summed E-state index contributed by atoms with van der Waals surface area (Å²) in [7, 11) is 3.50. The molecule has 1 saturated heterocycles. The smallest absolute Gasteiger partial charge is 0.319 e. The summed E-state index contributed by atoms with van der Waals surface area (Å²) in [6, 6.07) is 7.23. The van der Waals surface area contributed by atoms with Gasteiger partial charge in [-0.05, 0) is 18.6 Å². The first kappa shape index (κ1) is 15.2. The molecule has 0 spiro atoms. The molecule has 3 rings (SSSR count). The molecular formula is C16H21N5O2. The zero-order valence-electron chi connectivity index (χ0n) is 13.3. The minimum Gasteiger partial charge on any atom is -0.497 e. The third kappa shape index (κ3) is 3.74. The number of nitrogens with zero attached hydrogens (tertiary/aromatic N) is 3. The number of nitrogens with one attached hydrogen (secondary N) is 2. The van der Waals surface area contributed by atoms with Gasteiger partial charge in [0.1, 0.15) is 5.75 Å². The van der Waals surface area contributed by atoms with Gasteiger partial charge in [0.05, 0.1) is 19.0 Å². The summed E-state index contributed by atoms with van der Waals surface area (Å²) >= 11 is 0. The van der Waals surface area contributed by atoms with Gasteiger partial charge in [-0.3, -0.25) is 4.68 Å².